The summed E-state index contributed by atoms with van der Waals surface area (Å²) < 4.78 is 13.1. The Balaban J connectivity index is 1.87. The van der Waals surface area contributed by atoms with Gasteiger partial charge in [0.25, 0.3) is 0 Å². The van der Waals surface area contributed by atoms with Gasteiger partial charge in [-0.2, -0.15) is 0 Å². The zero-order valence-electron chi connectivity index (χ0n) is 16.1. The fraction of sp³-hybridized carbons (Fsp3) is 0.364. The Morgan fingerprint density at radius 1 is 1.11 bits per heavy atom. The normalized spacial score (nSPS) is 12.3. The highest BCUT2D eigenvalue weighted by Crippen LogP contribution is 2.33. The van der Waals surface area contributed by atoms with Crippen LogP contribution in [-0.4, -0.2) is 19.2 Å². The summed E-state index contributed by atoms with van der Waals surface area (Å²) in [4.78, 5) is 24.6. The van der Waals surface area contributed by atoms with Crippen LogP contribution in [0.5, 0.6) is 5.75 Å². The van der Waals surface area contributed by atoms with E-state index in [4.69, 9.17) is 9.47 Å². The SMILES string of the molecule is CCC(C)C(=O)OCCOc1cc2c(=O)c3ccccc3sc2c(C)c1C. The van der Waals surface area contributed by atoms with E-state index >= 15 is 0 Å². The molecule has 5 heteroatoms. The molecule has 0 saturated carbocycles. The first-order valence-electron chi connectivity index (χ1n) is 9.19. The van der Waals surface area contributed by atoms with E-state index in [1.54, 1.807) is 11.3 Å². The number of esters is 1. The summed E-state index contributed by atoms with van der Waals surface area (Å²) in [5.41, 5.74) is 2.07. The zero-order valence-corrected chi connectivity index (χ0v) is 16.9. The largest absolute Gasteiger partial charge is 0.490 e. The third kappa shape index (κ3) is 3.83. The minimum atomic E-state index is -0.206. The van der Waals surface area contributed by atoms with Gasteiger partial charge in [-0.05, 0) is 49.6 Å². The van der Waals surface area contributed by atoms with E-state index in [0.29, 0.717) is 11.1 Å². The van der Waals surface area contributed by atoms with E-state index in [1.807, 2.05) is 58.0 Å². The molecular weight excluding hydrogens is 360 g/mol. The fourth-order valence-electron chi connectivity index (χ4n) is 2.91. The summed E-state index contributed by atoms with van der Waals surface area (Å²) >= 11 is 1.63. The molecule has 0 N–H and O–H groups in total. The van der Waals surface area contributed by atoms with Crippen LogP contribution in [0.15, 0.2) is 35.1 Å². The van der Waals surface area contributed by atoms with E-state index in [9.17, 15) is 9.59 Å². The molecule has 0 radical (unpaired) electrons. The van der Waals surface area contributed by atoms with Gasteiger partial charge in [0.15, 0.2) is 5.43 Å². The van der Waals surface area contributed by atoms with Gasteiger partial charge in [-0.25, -0.2) is 0 Å². The van der Waals surface area contributed by atoms with Crippen LogP contribution < -0.4 is 10.2 Å². The molecule has 1 aromatic heterocycles. The average molecular weight is 384 g/mol. The van der Waals surface area contributed by atoms with Gasteiger partial charge in [0.05, 0.1) is 5.92 Å². The highest BCUT2D eigenvalue weighted by atomic mass is 32.1. The highest BCUT2D eigenvalue weighted by molar-refractivity contribution is 7.24. The number of hydrogen-bond donors (Lipinski definition) is 0. The van der Waals surface area contributed by atoms with Gasteiger partial charge in [0.2, 0.25) is 0 Å². The first kappa shape index (κ1) is 19.4. The molecule has 3 rings (SSSR count). The van der Waals surface area contributed by atoms with Crippen molar-refractivity contribution in [1.82, 2.24) is 0 Å². The molecule has 0 aliphatic heterocycles. The van der Waals surface area contributed by atoms with E-state index in [-0.39, 0.29) is 30.5 Å². The average Bonchev–Trinajstić information content (AvgIpc) is 2.68. The van der Waals surface area contributed by atoms with E-state index in [0.717, 1.165) is 32.3 Å². The van der Waals surface area contributed by atoms with Crippen LogP contribution in [0.3, 0.4) is 0 Å². The Bertz CT molecular complexity index is 1050. The van der Waals surface area contributed by atoms with Crippen LogP contribution in [0.1, 0.15) is 31.4 Å². The molecule has 0 amide bonds. The van der Waals surface area contributed by atoms with Crippen LogP contribution in [0.25, 0.3) is 20.2 Å². The van der Waals surface area contributed by atoms with Crippen LogP contribution >= 0.6 is 11.3 Å². The second-order valence-electron chi connectivity index (χ2n) is 6.75. The van der Waals surface area contributed by atoms with Crippen molar-refractivity contribution in [2.24, 2.45) is 5.92 Å². The molecule has 3 aromatic rings. The Kier molecular flexibility index (Phi) is 5.80. The highest BCUT2D eigenvalue weighted by Gasteiger charge is 2.14. The lowest BCUT2D eigenvalue weighted by atomic mass is 10.1. The number of fused-ring (bicyclic) bond motifs is 2. The van der Waals surface area contributed by atoms with Crippen LogP contribution in [0, 0.1) is 19.8 Å². The summed E-state index contributed by atoms with van der Waals surface area (Å²) in [6.45, 7) is 8.26. The molecule has 0 spiro atoms. The lowest BCUT2D eigenvalue weighted by Crippen LogP contribution is -2.18. The molecule has 0 aliphatic carbocycles. The van der Waals surface area contributed by atoms with Crippen molar-refractivity contribution in [3.05, 3.63) is 51.7 Å². The maximum Gasteiger partial charge on any atom is 0.308 e. The summed E-state index contributed by atoms with van der Waals surface area (Å²) in [5, 5.41) is 1.40. The van der Waals surface area contributed by atoms with Gasteiger partial charge in [-0.1, -0.05) is 26.0 Å². The maximum atomic E-state index is 12.9. The molecule has 0 fully saturated rings. The lowest BCUT2D eigenvalue weighted by Gasteiger charge is -2.14. The molecule has 2 aromatic carbocycles. The molecule has 27 heavy (non-hydrogen) atoms. The number of benzene rings is 2. The van der Waals surface area contributed by atoms with Crippen molar-refractivity contribution < 1.29 is 14.3 Å². The second kappa shape index (κ2) is 8.09. The van der Waals surface area contributed by atoms with Crippen molar-refractivity contribution in [2.45, 2.75) is 34.1 Å². The third-order valence-electron chi connectivity index (χ3n) is 4.98. The molecule has 1 heterocycles. The van der Waals surface area contributed by atoms with Crippen LogP contribution in [-0.2, 0) is 9.53 Å². The first-order valence-corrected chi connectivity index (χ1v) is 10.0. The molecule has 142 valence electrons. The Morgan fingerprint density at radius 3 is 2.59 bits per heavy atom. The van der Waals surface area contributed by atoms with Crippen molar-refractivity contribution in [2.75, 3.05) is 13.2 Å². The zero-order chi connectivity index (χ0) is 19.6. The number of ether oxygens (including phenoxy) is 2. The van der Waals surface area contributed by atoms with Gasteiger partial charge < -0.3 is 9.47 Å². The quantitative estimate of drug-likeness (QED) is 0.341. The number of carbonyl (C=O) groups is 1. The Hall–Kier alpha value is -2.40. The third-order valence-corrected chi connectivity index (χ3v) is 6.29. The standard InChI is InChI=1S/C22H24O4S/c1-5-13(2)22(24)26-11-10-25-18-12-17-20(23)16-8-6-7-9-19(16)27-21(17)15(4)14(18)3/h6-9,12-13H,5,10-11H2,1-4H3. The number of hydrogen-bond acceptors (Lipinski definition) is 5. The molecular formula is C22H24O4S. The molecule has 1 unspecified atom stereocenters. The van der Waals surface area contributed by atoms with Gasteiger partial charge in [-0.15, -0.1) is 11.3 Å². The van der Waals surface area contributed by atoms with E-state index < -0.39 is 0 Å². The first-order chi connectivity index (χ1) is 12.9. The van der Waals surface area contributed by atoms with E-state index in [2.05, 4.69) is 0 Å². The number of aryl methyl sites for hydroxylation is 1. The second-order valence-corrected chi connectivity index (χ2v) is 7.81. The number of rotatable bonds is 6. The topological polar surface area (TPSA) is 52.6 Å². The van der Waals surface area contributed by atoms with Crippen molar-refractivity contribution in [3.63, 3.8) is 0 Å². The minimum absolute atomic E-state index is 0.0236. The Labute approximate surface area is 162 Å². The lowest BCUT2D eigenvalue weighted by molar-refractivity contribution is -0.148. The molecule has 0 aliphatic rings. The van der Waals surface area contributed by atoms with E-state index in [1.165, 1.54) is 0 Å². The van der Waals surface area contributed by atoms with Gasteiger partial charge in [0, 0.05) is 20.2 Å². The molecule has 4 nitrogen and oxygen atoms in total. The van der Waals surface area contributed by atoms with Crippen molar-refractivity contribution in [1.29, 1.82) is 0 Å². The molecule has 1 atom stereocenters. The molecule has 0 saturated heterocycles. The van der Waals surface area contributed by atoms with Gasteiger partial charge >= 0.3 is 5.97 Å². The summed E-state index contributed by atoms with van der Waals surface area (Å²) in [5.74, 6) is 0.356. The Morgan fingerprint density at radius 2 is 1.85 bits per heavy atom. The number of carbonyl (C=O) groups excluding carboxylic acids is 1. The van der Waals surface area contributed by atoms with Crippen molar-refractivity contribution >= 4 is 37.5 Å². The van der Waals surface area contributed by atoms with Crippen LogP contribution in [0.4, 0.5) is 0 Å². The predicted molar refractivity (Wildman–Crippen MR) is 111 cm³/mol. The van der Waals surface area contributed by atoms with Gasteiger partial charge in [0.1, 0.15) is 19.0 Å². The summed E-state index contributed by atoms with van der Waals surface area (Å²) in [6.07, 6.45) is 0.754. The van der Waals surface area contributed by atoms with Crippen LogP contribution in [0.2, 0.25) is 0 Å². The minimum Gasteiger partial charge on any atom is -0.490 e. The summed E-state index contributed by atoms with van der Waals surface area (Å²) in [6, 6.07) is 9.49. The van der Waals surface area contributed by atoms with Gasteiger partial charge in [-0.3, -0.25) is 9.59 Å². The monoisotopic (exact) mass is 384 g/mol. The summed E-state index contributed by atoms with van der Waals surface area (Å²) in [7, 11) is 0. The fourth-order valence-corrected chi connectivity index (χ4v) is 4.12. The predicted octanol–water partition coefficient (Wildman–Crippen LogP) is 5.00. The van der Waals surface area contributed by atoms with Crippen molar-refractivity contribution in [3.8, 4) is 5.75 Å². The maximum absolute atomic E-state index is 12.9. The smallest absolute Gasteiger partial charge is 0.308 e. The molecule has 0 bridgehead atoms.